The van der Waals surface area contributed by atoms with E-state index in [1.54, 1.807) is 0 Å². The molecule has 0 radical (unpaired) electrons. The predicted molar refractivity (Wildman–Crippen MR) is 177 cm³/mol. The molecule has 5 aromatic carbocycles. The maximum absolute atomic E-state index is 15.8. The summed E-state index contributed by atoms with van der Waals surface area (Å²) < 4.78 is 21.6. The standard InChI is InChI=1S/C36H38N2OSSi/c1-36(2,3)41(33-25-15-7-16-26-33,34-27-17-8-18-28-34)38-40(39,32-23-13-6-14-24-32)29-35(30-19-9-4-10-20-30)37-31-21-11-5-12-22-31/h4-28,35,37H,29H2,1-3H3/t35-,40+/m0/s1. The van der Waals surface area contributed by atoms with E-state index in [4.69, 9.17) is 4.03 Å². The third kappa shape index (κ3) is 6.21. The van der Waals surface area contributed by atoms with Gasteiger partial charge in [0, 0.05) is 10.6 Å². The van der Waals surface area contributed by atoms with Crippen molar-refractivity contribution < 1.29 is 4.21 Å². The molecule has 0 aliphatic rings. The molecule has 0 aliphatic carbocycles. The molecule has 0 bridgehead atoms. The number of benzene rings is 5. The van der Waals surface area contributed by atoms with Crippen molar-refractivity contribution in [3.63, 3.8) is 0 Å². The van der Waals surface area contributed by atoms with Crippen molar-refractivity contribution in [3.8, 4) is 0 Å². The van der Waals surface area contributed by atoms with Gasteiger partial charge >= 0.3 is 0 Å². The first-order valence-corrected chi connectivity index (χ1v) is 17.7. The molecule has 208 valence electrons. The molecule has 0 aliphatic heterocycles. The highest BCUT2D eigenvalue weighted by molar-refractivity contribution is 7.94. The second-order valence-corrected chi connectivity index (χ2v) is 18.3. The normalized spacial score (nSPS) is 14.0. The van der Waals surface area contributed by atoms with Gasteiger partial charge < -0.3 is 5.32 Å². The largest absolute Gasteiger partial charge is 0.377 e. The number of rotatable bonds is 9. The summed E-state index contributed by atoms with van der Waals surface area (Å²) in [6.07, 6.45) is 0. The fraction of sp³-hybridized carbons (Fsp3) is 0.167. The molecule has 1 N–H and O–H groups in total. The number of nitrogens with one attached hydrogen (secondary N) is 1. The van der Waals surface area contributed by atoms with E-state index in [9.17, 15) is 0 Å². The van der Waals surface area contributed by atoms with Crippen molar-refractivity contribution in [2.24, 2.45) is 4.03 Å². The average molecular weight is 575 g/mol. The Morgan fingerprint density at radius 1 is 0.634 bits per heavy atom. The Labute approximate surface area is 246 Å². The van der Waals surface area contributed by atoms with Crippen LogP contribution >= 0.6 is 0 Å². The molecular weight excluding hydrogens is 537 g/mol. The highest BCUT2D eigenvalue weighted by Crippen LogP contribution is 2.39. The average Bonchev–Trinajstić information content (AvgIpc) is 3.01. The van der Waals surface area contributed by atoms with Crippen LogP contribution in [-0.4, -0.2) is 18.2 Å². The molecule has 0 heterocycles. The molecule has 3 nitrogen and oxygen atoms in total. The molecule has 5 aromatic rings. The number of para-hydroxylation sites is 1. The lowest BCUT2D eigenvalue weighted by molar-refractivity contribution is 0.670. The smallest absolute Gasteiger partial charge is 0.260 e. The second kappa shape index (κ2) is 12.3. The van der Waals surface area contributed by atoms with E-state index < -0.39 is 18.0 Å². The summed E-state index contributed by atoms with van der Waals surface area (Å²) >= 11 is 0. The summed E-state index contributed by atoms with van der Waals surface area (Å²) in [4.78, 5) is 0.767. The van der Waals surface area contributed by atoms with Crippen LogP contribution in [0.3, 0.4) is 0 Å². The van der Waals surface area contributed by atoms with Crippen LogP contribution in [0.2, 0.25) is 5.04 Å². The molecule has 0 saturated heterocycles. The van der Waals surface area contributed by atoms with Crippen LogP contribution in [0.1, 0.15) is 32.4 Å². The van der Waals surface area contributed by atoms with Gasteiger partial charge in [0.15, 0.2) is 0 Å². The van der Waals surface area contributed by atoms with Gasteiger partial charge in [0.2, 0.25) is 0 Å². The monoisotopic (exact) mass is 574 g/mol. The van der Waals surface area contributed by atoms with Crippen LogP contribution < -0.4 is 15.7 Å². The molecule has 0 amide bonds. The summed E-state index contributed by atoms with van der Waals surface area (Å²) in [5.74, 6) is 0.334. The van der Waals surface area contributed by atoms with Crippen molar-refractivity contribution >= 4 is 34.0 Å². The van der Waals surface area contributed by atoms with Gasteiger partial charge in [-0.3, -0.25) is 4.03 Å². The molecule has 5 rings (SSSR count). The Morgan fingerprint density at radius 3 is 1.51 bits per heavy atom. The Kier molecular flexibility index (Phi) is 8.57. The summed E-state index contributed by atoms with van der Waals surface area (Å²) in [7, 11) is -5.95. The molecule has 0 aromatic heterocycles. The molecule has 41 heavy (non-hydrogen) atoms. The molecule has 5 heteroatoms. The molecule has 2 atom stereocenters. The van der Waals surface area contributed by atoms with Crippen molar-refractivity contribution in [1.29, 1.82) is 0 Å². The summed E-state index contributed by atoms with van der Waals surface area (Å²) in [5, 5.41) is 5.76. The first kappa shape index (κ1) is 28.6. The van der Waals surface area contributed by atoms with Crippen LogP contribution in [0.4, 0.5) is 5.69 Å². The highest BCUT2D eigenvalue weighted by atomic mass is 32.2. The van der Waals surface area contributed by atoms with Gasteiger partial charge in [-0.1, -0.05) is 148 Å². The number of anilines is 1. The van der Waals surface area contributed by atoms with Crippen molar-refractivity contribution in [2.75, 3.05) is 11.1 Å². The van der Waals surface area contributed by atoms with Crippen LogP contribution in [0.15, 0.2) is 161 Å². The molecule has 0 saturated carbocycles. The van der Waals surface area contributed by atoms with E-state index in [0.29, 0.717) is 5.75 Å². The van der Waals surface area contributed by atoms with Gasteiger partial charge in [0.1, 0.15) is 0 Å². The zero-order valence-electron chi connectivity index (χ0n) is 24.0. The van der Waals surface area contributed by atoms with Gasteiger partial charge in [0.25, 0.3) is 8.24 Å². The van der Waals surface area contributed by atoms with Crippen LogP contribution in [0.25, 0.3) is 0 Å². The van der Waals surface area contributed by atoms with Crippen LogP contribution in [0, 0.1) is 0 Å². The zero-order valence-corrected chi connectivity index (χ0v) is 25.8. The third-order valence-corrected chi connectivity index (χ3v) is 16.2. The summed E-state index contributed by atoms with van der Waals surface area (Å²) in [6, 6.07) is 51.2. The lowest BCUT2D eigenvalue weighted by Crippen LogP contribution is -2.63. The van der Waals surface area contributed by atoms with E-state index in [-0.39, 0.29) is 11.1 Å². The Hall–Kier alpha value is -3.93. The van der Waals surface area contributed by atoms with E-state index in [0.717, 1.165) is 26.5 Å². The first-order chi connectivity index (χ1) is 19.8. The lowest BCUT2D eigenvalue weighted by Gasteiger charge is -2.41. The lowest BCUT2D eigenvalue weighted by atomic mass is 10.1. The van der Waals surface area contributed by atoms with Crippen LogP contribution in [0.5, 0.6) is 0 Å². The minimum absolute atomic E-state index is 0.215. The van der Waals surface area contributed by atoms with Gasteiger partial charge in [-0.05, 0) is 45.2 Å². The second-order valence-electron chi connectivity index (χ2n) is 11.4. The number of hydrogen-bond donors (Lipinski definition) is 1. The minimum Gasteiger partial charge on any atom is -0.377 e. The first-order valence-electron chi connectivity index (χ1n) is 14.1. The quantitative estimate of drug-likeness (QED) is 0.182. The van der Waals surface area contributed by atoms with E-state index >= 15 is 4.21 Å². The van der Waals surface area contributed by atoms with Gasteiger partial charge in [-0.2, -0.15) is 0 Å². The number of nitrogens with zero attached hydrogens (tertiary/aromatic N) is 1. The SMILES string of the molecule is CC(C)(C)[Si](N=[S@@](=O)(C[C@H](Nc1ccccc1)c1ccccc1)c1ccccc1)(c1ccccc1)c1ccccc1. The Bertz CT molecular complexity index is 1610. The summed E-state index contributed by atoms with van der Waals surface area (Å²) in [6.45, 7) is 6.76. The van der Waals surface area contributed by atoms with Crippen molar-refractivity contribution in [3.05, 3.63) is 157 Å². The Balaban J connectivity index is 1.80. The van der Waals surface area contributed by atoms with E-state index in [1.165, 1.54) is 0 Å². The van der Waals surface area contributed by atoms with Crippen molar-refractivity contribution in [2.45, 2.75) is 36.7 Å². The fourth-order valence-corrected chi connectivity index (χ4v) is 14.9. The van der Waals surface area contributed by atoms with Crippen LogP contribution in [-0.2, 0) is 9.73 Å². The third-order valence-electron chi connectivity index (χ3n) is 7.57. The zero-order chi connectivity index (χ0) is 28.8. The van der Waals surface area contributed by atoms with Gasteiger partial charge in [-0.25, -0.2) is 4.21 Å². The number of hydrogen-bond acceptors (Lipinski definition) is 3. The highest BCUT2D eigenvalue weighted by Gasteiger charge is 2.50. The van der Waals surface area contributed by atoms with E-state index in [2.05, 4.69) is 98.9 Å². The minimum atomic E-state index is -3.01. The summed E-state index contributed by atoms with van der Waals surface area (Å²) in [5.41, 5.74) is 2.07. The predicted octanol–water partition coefficient (Wildman–Crippen LogP) is 7.93. The van der Waals surface area contributed by atoms with E-state index in [1.807, 2.05) is 78.9 Å². The maximum Gasteiger partial charge on any atom is 0.260 e. The van der Waals surface area contributed by atoms with Gasteiger partial charge in [-0.15, -0.1) is 0 Å². The van der Waals surface area contributed by atoms with Crippen molar-refractivity contribution in [1.82, 2.24) is 0 Å². The maximum atomic E-state index is 15.8. The Morgan fingerprint density at radius 2 is 1.05 bits per heavy atom. The molecular formula is C36H38N2OSSi. The molecule has 0 unspecified atom stereocenters. The fourth-order valence-electron chi connectivity index (χ4n) is 5.54. The molecule has 0 fully saturated rings. The molecule has 0 spiro atoms. The topological polar surface area (TPSA) is 41.5 Å². The van der Waals surface area contributed by atoms with Gasteiger partial charge in [0.05, 0.1) is 21.5 Å².